The molecule has 0 unspecified atom stereocenters. The van der Waals surface area contributed by atoms with Gasteiger partial charge in [-0.15, -0.1) is 11.3 Å². The SMILES string of the molecule is CC(C)N(C(=O)c1cc(Cl)cc(Cl)c1)c1cc(-c2ccccc2)sc1C(=O)O. The summed E-state index contributed by atoms with van der Waals surface area (Å²) in [5, 5.41) is 10.4. The maximum Gasteiger partial charge on any atom is 0.348 e. The van der Waals surface area contributed by atoms with Gasteiger partial charge in [0.25, 0.3) is 5.91 Å². The predicted molar refractivity (Wildman–Crippen MR) is 115 cm³/mol. The number of carboxylic acid groups (broad SMARTS) is 1. The summed E-state index contributed by atoms with van der Waals surface area (Å²) >= 11 is 13.2. The van der Waals surface area contributed by atoms with Crippen molar-refractivity contribution in [1.82, 2.24) is 0 Å². The van der Waals surface area contributed by atoms with Gasteiger partial charge < -0.3 is 10.0 Å². The van der Waals surface area contributed by atoms with E-state index < -0.39 is 5.97 Å². The molecule has 0 bridgehead atoms. The lowest BCUT2D eigenvalue weighted by Gasteiger charge is -2.26. The molecule has 28 heavy (non-hydrogen) atoms. The average molecular weight is 434 g/mol. The fraction of sp³-hybridized carbons (Fsp3) is 0.143. The fourth-order valence-corrected chi connectivity index (χ4v) is 4.42. The molecule has 0 atom stereocenters. The van der Waals surface area contributed by atoms with E-state index in [2.05, 4.69) is 0 Å². The van der Waals surface area contributed by atoms with E-state index in [4.69, 9.17) is 23.2 Å². The van der Waals surface area contributed by atoms with Crippen molar-refractivity contribution in [2.75, 3.05) is 4.90 Å². The first-order valence-corrected chi connectivity index (χ1v) is 10.1. The monoisotopic (exact) mass is 433 g/mol. The maximum atomic E-state index is 13.2. The highest BCUT2D eigenvalue weighted by atomic mass is 35.5. The molecule has 0 spiro atoms. The van der Waals surface area contributed by atoms with Gasteiger partial charge in [0.1, 0.15) is 4.88 Å². The van der Waals surface area contributed by atoms with Gasteiger partial charge in [0.05, 0.1) is 5.69 Å². The highest BCUT2D eigenvalue weighted by Crippen LogP contribution is 2.38. The van der Waals surface area contributed by atoms with Crippen LogP contribution in [0, 0.1) is 0 Å². The molecule has 3 rings (SSSR count). The first-order chi connectivity index (χ1) is 13.3. The Kier molecular flexibility index (Phi) is 6.08. The summed E-state index contributed by atoms with van der Waals surface area (Å²) in [5.41, 5.74) is 1.55. The van der Waals surface area contributed by atoms with Crippen LogP contribution in [0.4, 0.5) is 5.69 Å². The van der Waals surface area contributed by atoms with Gasteiger partial charge in [-0.2, -0.15) is 0 Å². The Hall–Kier alpha value is -2.34. The lowest BCUT2D eigenvalue weighted by atomic mass is 10.1. The van der Waals surface area contributed by atoms with Crippen molar-refractivity contribution in [2.24, 2.45) is 0 Å². The Bertz CT molecular complexity index is 1010. The van der Waals surface area contributed by atoms with E-state index in [9.17, 15) is 14.7 Å². The maximum absolute atomic E-state index is 13.2. The Morgan fingerprint density at radius 3 is 2.14 bits per heavy atom. The Morgan fingerprint density at radius 2 is 1.61 bits per heavy atom. The number of thiophene rings is 1. The molecular weight excluding hydrogens is 417 g/mol. The van der Waals surface area contributed by atoms with Gasteiger partial charge in [-0.05, 0) is 43.7 Å². The van der Waals surface area contributed by atoms with Crippen molar-refractivity contribution in [3.05, 3.63) is 75.1 Å². The van der Waals surface area contributed by atoms with Crippen molar-refractivity contribution in [1.29, 1.82) is 0 Å². The molecule has 0 aliphatic rings. The van der Waals surface area contributed by atoms with Gasteiger partial charge in [-0.1, -0.05) is 53.5 Å². The van der Waals surface area contributed by atoms with Crippen LogP contribution in [0.25, 0.3) is 10.4 Å². The molecule has 0 fully saturated rings. The summed E-state index contributed by atoms with van der Waals surface area (Å²) in [6.07, 6.45) is 0. The zero-order chi connectivity index (χ0) is 20.4. The van der Waals surface area contributed by atoms with Crippen molar-refractivity contribution in [3.8, 4) is 10.4 Å². The molecule has 0 saturated carbocycles. The van der Waals surface area contributed by atoms with Crippen molar-refractivity contribution in [3.63, 3.8) is 0 Å². The number of nitrogens with zero attached hydrogens (tertiary/aromatic N) is 1. The van der Waals surface area contributed by atoms with Crippen LogP contribution in [0.2, 0.25) is 10.0 Å². The summed E-state index contributed by atoms with van der Waals surface area (Å²) in [6, 6.07) is 15.5. The largest absolute Gasteiger partial charge is 0.477 e. The number of hydrogen-bond acceptors (Lipinski definition) is 3. The van der Waals surface area contributed by atoms with Crippen LogP contribution in [0.1, 0.15) is 33.9 Å². The Morgan fingerprint density at radius 1 is 1.00 bits per heavy atom. The van der Waals surface area contributed by atoms with Gasteiger partial charge in [0.15, 0.2) is 0 Å². The van der Waals surface area contributed by atoms with E-state index in [0.29, 0.717) is 21.3 Å². The van der Waals surface area contributed by atoms with Crippen LogP contribution in [-0.4, -0.2) is 23.0 Å². The normalized spacial score (nSPS) is 10.9. The minimum Gasteiger partial charge on any atom is -0.477 e. The first-order valence-electron chi connectivity index (χ1n) is 8.50. The standard InChI is InChI=1S/C21H17Cl2NO3S/c1-12(2)24(20(25)14-8-15(22)10-16(23)9-14)17-11-18(28-19(17)21(26)27)13-6-4-3-5-7-13/h3-12H,1-2H3,(H,26,27). The number of carboxylic acids is 1. The summed E-state index contributed by atoms with van der Waals surface area (Å²) in [4.78, 5) is 27.5. The van der Waals surface area contributed by atoms with Gasteiger partial charge >= 0.3 is 5.97 Å². The number of halogens is 2. The molecule has 1 aromatic heterocycles. The zero-order valence-corrected chi connectivity index (χ0v) is 17.5. The van der Waals surface area contributed by atoms with Gasteiger partial charge in [-0.25, -0.2) is 4.79 Å². The number of carbonyl (C=O) groups excluding carboxylic acids is 1. The molecule has 0 aliphatic heterocycles. The molecule has 0 radical (unpaired) electrons. The van der Waals surface area contributed by atoms with Crippen LogP contribution in [0.15, 0.2) is 54.6 Å². The summed E-state index contributed by atoms with van der Waals surface area (Å²) in [6.45, 7) is 3.66. The van der Waals surface area contributed by atoms with E-state index in [1.807, 2.05) is 44.2 Å². The number of aromatic carboxylic acids is 1. The Labute approximate surface area is 176 Å². The second-order valence-corrected chi connectivity index (χ2v) is 8.35. The molecular formula is C21H17Cl2NO3S. The average Bonchev–Trinajstić information content (AvgIpc) is 3.06. The minimum atomic E-state index is -1.08. The smallest absolute Gasteiger partial charge is 0.348 e. The third-order valence-corrected chi connectivity index (χ3v) is 5.67. The zero-order valence-electron chi connectivity index (χ0n) is 15.1. The number of amides is 1. The molecule has 7 heteroatoms. The summed E-state index contributed by atoms with van der Waals surface area (Å²) < 4.78 is 0. The third kappa shape index (κ3) is 4.22. The number of carbonyl (C=O) groups is 2. The van der Waals surface area contributed by atoms with E-state index in [1.165, 1.54) is 17.0 Å². The molecule has 1 N–H and O–H groups in total. The van der Waals surface area contributed by atoms with Crippen molar-refractivity contribution < 1.29 is 14.7 Å². The van der Waals surface area contributed by atoms with Gasteiger partial charge in [0, 0.05) is 26.5 Å². The van der Waals surface area contributed by atoms with Crippen LogP contribution < -0.4 is 4.90 Å². The van der Waals surface area contributed by atoms with E-state index >= 15 is 0 Å². The van der Waals surface area contributed by atoms with E-state index in [-0.39, 0.29) is 16.8 Å². The molecule has 3 aromatic rings. The van der Waals surface area contributed by atoms with Crippen LogP contribution in [0.3, 0.4) is 0 Å². The fourth-order valence-electron chi connectivity index (χ4n) is 2.90. The molecule has 2 aromatic carbocycles. The van der Waals surface area contributed by atoms with Crippen molar-refractivity contribution >= 4 is 52.1 Å². The number of rotatable bonds is 5. The molecule has 1 heterocycles. The first kappa shape index (κ1) is 20.4. The Balaban J connectivity index is 2.13. The topological polar surface area (TPSA) is 57.6 Å². The number of hydrogen-bond donors (Lipinski definition) is 1. The third-order valence-electron chi connectivity index (χ3n) is 4.07. The summed E-state index contributed by atoms with van der Waals surface area (Å²) in [7, 11) is 0. The number of benzene rings is 2. The van der Waals surface area contributed by atoms with Crippen LogP contribution in [-0.2, 0) is 0 Å². The second kappa shape index (κ2) is 8.35. The summed E-state index contributed by atoms with van der Waals surface area (Å²) in [5.74, 6) is -1.44. The molecule has 144 valence electrons. The lowest BCUT2D eigenvalue weighted by molar-refractivity contribution is 0.0703. The van der Waals surface area contributed by atoms with E-state index in [0.717, 1.165) is 21.8 Å². The predicted octanol–water partition coefficient (Wildman–Crippen LogP) is 6.48. The van der Waals surface area contributed by atoms with Gasteiger partial charge in [-0.3, -0.25) is 4.79 Å². The lowest BCUT2D eigenvalue weighted by Crippen LogP contribution is -2.37. The number of anilines is 1. The van der Waals surface area contributed by atoms with Gasteiger partial charge in [0.2, 0.25) is 0 Å². The molecule has 0 saturated heterocycles. The highest BCUT2D eigenvalue weighted by Gasteiger charge is 2.28. The molecule has 4 nitrogen and oxygen atoms in total. The quantitative estimate of drug-likeness (QED) is 0.500. The second-order valence-electron chi connectivity index (χ2n) is 6.42. The minimum absolute atomic E-state index is 0.106. The molecule has 1 amide bonds. The van der Waals surface area contributed by atoms with Crippen molar-refractivity contribution in [2.45, 2.75) is 19.9 Å². The van der Waals surface area contributed by atoms with E-state index in [1.54, 1.807) is 12.1 Å². The van der Waals surface area contributed by atoms with Crippen LogP contribution in [0.5, 0.6) is 0 Å². The van der Waals surface area contributed by atoms with Crippen LogP contribution >= 0.6 is 34.5 Å². The highest BCUT2D eigenvalue weighted by molar-refractivity contribution is 7.18. The molecule has 0 aliphatic carbocycles.